The number of hydrogen-bond acceptors (Lipinski definition) is 4. The van der Waals surface area contributed by atoms with E-state index in [0.717, 1.165) is 24.6 Å². The van der Waals surface area contributed by atoms with Crippen molar-refractivity contribution in [2.75, 3.05) is 13.2 Å². The number of halogens is 1. The predicted octanol–water partition coefficient (Wildman–Crippen LogP) is 1.40. The number of sulfonamides is 1. The Morgan fingerprint density at radius 1 is 1.55 bits per heavy atom. The summed E-state index contributed by atoms with van der Waals surface area (Å²) in [6, 6.07) is 4.52. The normalized spacial score (nSPS) is 20.6. The van der Waals surface area contributed by atoms with Crippen LogP contribution in [0.2, 0.25) is 0 Å². The van der Waals surface area contributed by atoms with Gasteiger partial charge in [0.1, 0.15) is 11.9 Å². The Labute approximate surface area is 117 Å². The van der Waals surface area contributed by atoms with Gasteiger partial charge in [-0.05, 0) is 31.5 Å². The number of nitriles is 1. The maximum Gasteiger partial charge on any atom is 0.240 e. The predicted molar refractivity (Wildman–Crippen MR) is 69.8 cm³/mol. The summed E-state index contributed by atoms with van der Waals surface area (Å²) in [6.45, 7) is 2.92. The smallest absolute Gasteiger partial charge is 0.240 e. The molecule has 0 saturated carbocycles. The summed E-state index contributed by atoms with van der Waals surface area (Å²) in [5, 5.41) is 8.74. The fraction of sp³-hybridized carbons (Fsp3) is 0.462. The third kappa shape index (κ3) is 3.15. The van der Waals surface area contributed by atoms with Crippen LogP contribution in [0.25, 0.3) is 0 Å². The van der Waals surface area contributed by atoms with E-state index in [1.54, 1.807) is 13.0 Å². The summed E-state index contributed by atoms with van der Waals surface area (Å²) >= 11 is 0. The number of ether oxygens (including phenoxy) is 1. The number of rotatable bonds is 4. The molecule has 2 rings (SSSR count). The topological polar surface area (TPSA) is 79.2 Å². The molecule has 1 aromatic carbocycles. The molecular formula is C13H15FN2O3S. The number of nitrogens with zero attached hydrogens (tertiary/aromatic N) is 1. The molecule has 2 unspecified atom stereocenters. The maximum absolute atomic E-state index is 13.2. The highest BCUT2D eigenvalue weighted by molar-refractivity contribution is 7.89. The summed E-state index contributed by atoms with van der Waals surface area (Å²) in [4.78, 5) is -0.110. The van der Waals surface area contributed by atoms with E-state index in [9.17, 15) is 12.8 Å². The van der Waals surface area contributed by atoms with E-state index in [-0.39, 0.29) is 22.4 Å². The van der Waals surface area contributed by atoms with E-state index in [4.69, 9.17) is 10.00 Å². The van der Waals surface area contributed by atoms with Gasteiger partial charge in [-0.3, -0.25) is 0 Å². The van der Waals surface area contributed by atoms with Gasteiger partial charge in [0.05, 0.1) is 17.1 Å². The van der Waals surface area contributed by atoms with Gasteiger partial charge in [-0.15, -0.1) is 0 Å². The molecule has 7 heteroatoms. The molecule has 0 aromatic heterocycles. The average molecular weight is 298 g/mol. The SMILES string of the molecule is CC(NS(=O)(=O)c1ccc(F)c(C#N)c1)C1CCOC1. The number of benzene rings is 1. The van der Waals surface area contributed by atoms with Gasteiger partial charge in [-0.2, -0.15) is 5.26 Å². The fourth-order valence-electron chi connectivity index (χ4n) is 2.11. The summed E-state index contributed by atoms with van der Waals surface area (Å²) in [5.74, 6) is -0.607. The summed E-state index contributed by atoms with van der Waals surface area (Å²) in [5.41, 5.74) is -0.287. The molecule has 1 aliphatic rings. The van der Waals surface area contributed by atoms with Gasteiger partial charge >= 0.3 is 0 Å². The van der Waals surface area contributed by atoms with Crippen LogP contribution >= 0.6 is 0 Å². The third-order valence-corrected chi connectivity index (χ3v) is 4.94. The molecule has 2 atom stereocenters. The van der Waals surface area contributed by atoms with Crippen LogP contribution in [0.3, 0.4) is 0 Å². The summed E-state index contributed by atoms with van der Waals surface area (Å²) < 4.78 is 45.4. The molecule has 1 heterocycles. The summed E-state index contributed by atoms with van der Waals surface area (Å²) in [6.07, 6.45) is 0.802. The van der Waals surface area contributed by atoms with Crippen molar-refractivity contribution in [1.82, 2.24) is 4.72 Å². The molecular weight excluding hydrogens is 283 g/mol. The van der Waals surface area contributed by atoms with Crippen LogP contribution in [0, 0.1) is 23.1 Å². The zero-order valence-corrected chi connectivity index (χ0v) is 11.8. The molecule has 108 valence electrons. The monoisotopic (exact) mass is 298 g/mol. The van der Waals surface area contributed by atoms with E-state index in [0.29, 0.717) is 13.2 Å². The Kier molecular flexibility index (Phi) is 4.38. The minimum atomic E-state index is -3.77. The van der Waals surface area contributed by atoms with E-state index < -0.39 is 15.8 Å². The van der Waals surface area contributed by atoms with Gasteiger partial charge in [-0.25, -0.2) is 17.5 Å². The Balaban J connectivity index is 2.20. The molecule has 0 spiro atoms. The molecule has 0 radical (unpaired) electrons. The maximum atomic E-state index is 13.2. The molecule has 20 heavy (non-hydrogen) atoms. The standard InChI is InChI=1S/C13H15FN2O3S/c1-9(10-4-5-19-8-10)16-20(17,18)12-2-3-13(14)11(6-12)7-15/h2-3,6,9-10,16H,4-5,8H2,1H3. The lowest BCUT2D eigenvalue weighted by Gasteiger charge is -2.19. The molecule has 1 fully saturated rings. The van der Waals surface area contributed by atoms with Crippen LogP contribution in [0.1, 0.15) is 18.9 Å². The second-order valence-electron chi connectivity index (χ2n) is 4.79. The summed E-state index contributed by atoms with van der Waals surface area (Å²) in [7, 11) is -3.77. The highest BCUT2D eigenvalue weighted by Gasteiger charge is 2.27. The first kappa shape index (κ1) is 14.9. The second kappa shape index (κ2) is 5.87. The lowest BCUT2D eigenvalue weighted by molar-refractivity contribution is 0.180. The zero-order chi connectivity index (χ0) is 14.8. The average Bonchev–Trinajstić information content (AvgIpc) is 2.92. The van der Waals surface area contributed by atoms with Crippen LogP contribution in [-0.2, 0) is 14.8 Å². The van der Waals surface area contributed by atoms with Crippen molar-refractivity contribution in [2.45, 2.75) is 24.3 Å². The van der Waals surface area contributed by atoms with Crippen molar-refractivity contribution in [3.8, 4) is 6.07 Å². The molecule has 5 nitrogen and oxygen atoms in total. The minimum absolute atomic E-state index is 0.110. The van der Waals surface area contributed by atoms with Gasteiger partial charge in [0, 0.05) is 18.6 Å². The molecule has 0 bridgehead atoms. The van der Waals surface area contributed by atoms with Crippen LogP contribution < -0.4 is 4.72 Å². The Morgan fingerprint density at radius 2 is 2.30 bits per heavy atom. The van der Waals surface area contributed by atoms with E-state index >= 15 is 0 Å². The van der Waals surface area contributed by atoms with Crippen molar-refractivity contribution in [3.63, 3.8) is 0 Å². The Morgan fingerprint density at radius 3 is 2.90 bits per heavy atom. The second-order valence-corrected chi connectivity index (χ2v) is 6.50. The van der Waals surface area contributed by atoms with E-state index in [2.05, 4.69) is 4.72 Å². The Bertz CT molecular complexity index is 634. The van der Waals surface area contributed by atoms with Crippen LogP contribution in [0.5, 0.6) is 0 Å². The molecule has 1 N–H and O–H groups in total. The zero-order valence-electron chi connectivity index (χ0n) is 11.0. The molecule has 1 aliphatic heterocycles. The fourth-order valence-corrected chi connectivity index (χ4v) is 3.45. The first-order valence-corrected chi connectivity index (χ1v) is 7.72. The molecule has 0 amide bonds. The lowest BCUT2D eigenvalue weighted by atomic mass is 10.0. The lowest BCUT2D eigenvalue weighted by Crippen LogP contribution is -2.38. The molecule has 0 aliphatic carbocycles. The van der Waals surface area contributed by atoms with Gasteiger partial charge in [-0.1, -0.05) is 0 Å². The van der Waals surface area contributed by atoms with Gasteiger partial charge in [0.25, 0.3) is 0 Å². The molecule has 1 saturated heterocycles. The Hall–Kier alpha value is -1.49. The first-order valence-electron chi connectivity index (χ1n) is 6.24. The van der Waals surface area contributed by atoms with Gasteiger partial charge in [0.2, 0.25) is 10.0 Å². The number of nitrogens with one attached hydrogen (secondary N) is 1. The quantitative estimate of drug-likeness (QED) is 0.911. The minimum Gasteiger partial charge on any atom is -0.381 e. The van der Waals surface area contributed by atoms with Crippen LogP contribution in [0.15, 0.2) is 23.1 Å². The van der Waals surface area contributed by atoms with E-state index in [1.807, 2.05) is 0 Å². The van der Waals surface area contributed by atoms with Gasteiger partial charge < -0.3 is 4.74 Å². The molecule has 1 aromatic rings. The van der Waals surface area contributed by atoms with Crippen molar-refractivity contribution in [3.05, 3.63) is 29.6 Å². The largest absolute Gasteiger partial charge is 0.381 e. The van der Waals surface area contributed by atoms with Crippen molar-refractivity contribution in [1.29, 1.82) is 5.26 Å². The van der Waals surface area contributed by atoms with Crippen LogP contribution in [-0.4, -0.2) is 27.7 Å². The number of hydrogen-bond donors (Lipinski definition) is 1. The van der Waals surface area contributed by atoms with Crippen molar-refractivity contribution >= 4 is 10.0 Å². The van der Waals surface area contributed by atoms with E-state index in [1.165, 1.54) is 0 Å². The highest BCUT2D eigenvalue weighted by atomic mass is 32.2. The van der Waals surface area contributed by atoms with Crippen molar-refractivity contribution < 1.29 is 17.5 Å². The third-order valence-electron chi connectivity index (χ3n) is 3.38. The van der Waals surface area contributed by atoms with Crippen molar-refractivity contribution in [2.24, 2.45) is 5.92 Å². The highest BCUT2D eigenvalue weighted by Crippen LogP contribution is 2.20. The van der Waals surface area contributed by atoms with Gasteiger partial charge in [0.15, 0.2) is 0 Å². The van der Waals surface area contributed by atoms with Crippen LogP contribution in [0.4, 0.5) is 4.39 Å². The first-order chi connectivity index (χ1) is 9.44.